The molecule has 0 aliphatic carbocycles. The number of nitrogens with one attached hydrogen (secondary N) is 1. The number of fused-ring (bicyclic) bond motifs is 1. The SMILES string of the molecule is c1ccc([C@H]2OCC[C@@H]2CNCc2cnn3ccccc23)cc1. The Morgan fingerprint density at radius 3 is 2.91 bits per heavy atom. The van der Waals surface area contributed by atoms with Crippen LogP contribution in [0.3, 0.4) is 0 Å². The standard InChI is InChI=1S/C19H21N3O/c1-2-6-15(7-3-1)19-16(9-11-23-19)12-20-13-17-14-21-22-10-5-4-8-18(17)22/h1-8,10,14,16,19-20H,9,11-13H2/t16-,19-/m1/s1. The largest absolute Gasteiger partial charge is 0.373 e. The predicted octanol–water partition coefficient (Wildman–Crippen LogP) is 3.20. The van der Waals surface area contributed by atoms with Crippen molar-refractivity contribution in [1.82, 2.24) is 14.9 Å². The van der Waals surface area contributed by atoms with Crippen LogP contribution >= 0.6 is 0 Å². The van der Waals surface area contributed by atoms with Crippen LogP contribution in [0.4, 0.5) is 0 Å². The molecule has 1 saturated heterocycles. The lowest BCUT2D eigenvalue weighted by Gasteiger charge is -2.19. The van der Waals surface area contributed by atoms with Crippen LogP contribution in [0.25, 0.3) is 5.52 Å². The van der Waals surface area contributed by atoms with E-state index in [0.29, 0.717) is 5.92 Å². The summed E-state index contributed by atoms with van der Waals surface area (Å²) in [6, 6.07) is 16.7. The first-order valence-corrected chi connectivity index (χ1v) is 8.20. The second kappa shape index (κ2) is 6.52. The van der Waals surface area contributed by atoms with Crippen LogP contribution < -0.4 is 5.32 Å². The van der Waals surface area contributed by atoms with Crippen LogP contribution in [-0.2, 0) is 11.3 Å². The Kier molecular flexibility index (Phi) is 4.09. The Labute approximate surface area is 136 Å². The number of ether oxygens (including phenoxy) is 1. The fraction of sp³-hybridized carbons (Fsp3) is 0.316. The van der Waals surface area contributed by atoms with Gasteiger partial charge in [-0.2, -0.15) is 5.10 Å². The normalized spacial score (nSPS) is 21.0. The van der Waals surface area contributed by atoms with Crippen LogP contribution in [0.2, 0.25) is 0 Å². The van der Waals surface area contributed by atoms with Gasteiger partial charge >= 0.3 is 0 Å². The Morgan fingerprint density at radius 1 is 1.13 bits per heavy atom. The van der Waals surface area contributed by atoms with Crippen molar-refractivity contribution in [3.05, 3.63) is 72.1 Å². The molecule has 1 aliphatic heterocycles. The van der Waals surface area contributed by atoms with Crippen LogP contribution in [0.1, 0.15) is 23.7 Å². The molecule has 2 aromatic heterocycles. The highest BCUT2D eigenvalue weighted by Crippen LogP contribution is 2.33. The summed E-state index contributed by atoms with van der Waals surface area (Å²) >= 11 is 0. The maximum atomic E-state index is 5.95. The van der Waals surface area contributed by atoms with Crippen LogP contribution in [0.5, 0.6) is 0 Å². The second-order valence-electron chi connectivity index (χ2n) is 6.08. The summed E-state index contributed by atoms with van der Waals surface area (Å²) in [6.45, 7) is 2.65. The average molecular weight is 307 g/mol. The molecule has 1 aliphatic rings. The maximum absolute atomic E-state index is 5.95. The Balaban J connectivity index is 1.39. The molecular weight excluding hydrogens is 286 g/mol. The Hall–Kier alpha value is -2.17. The number of pyridine rings is 1. The van der Waals surface area contributed by atoms with Crippen LogP contribution in [-0.4, -0.2) is 22.8 Å². The summed E-state index contributed by atoms with van der Waals surface area (Å²) in [5.74, 6) is 0.527. The third-order valence-electron chi connectivity index (χ3n) is 4.57. The van der Waals surface area contributed by atoms with Crippen LogP contribution in [0.15, 0.2) is 60.9 Å². The van der Waals surface area contributed by atoms with Gasteiger partial charge in [0.15, 0.2) is 0 Å². The van der Waals surface area contributed by atoms with E-state index >= 15 is 0 Å². The van der Waals surface area contributed by atoms with Gasteiger partial charge in [0.2, 0.25) is 0 Å². The van der Waals surface area contributed by atoms with E-state index in [1.54, 1.807) is 0 Å². The lowest BCUT2D eigenvalue weighted by molar-refractivity contribution is 0.0904. The van der Waals surface area contributed by atoms with E-state index in [4.69, 9.17) is 4.74 Å². The molecular formula is C19H21N3O. The molecule has 0 radical (unpaired) electrons. The monoisotopic (exact) mass is 307 g/mol. The number of rotatable bonds is 5. The third-order valence-corrected chi connectivity index (χ3v) is 4.57. The molecule has 0 spiro atoms. The summed E-state index contributed by atoms with van der Waals surface area (Å²) < 4.78 is 7.87. The van der Waals surface area contributed by atoms with Gasteiger partial charge in [0, 0.05) is 37.4 Å². The highest BCUT2D eigenvalue weighted by atomic mass is 16.5. The first-order valence-electron chi connectivity index (χ1n) is 8.20. The molecule has 1 N–H and O–H groups in total. The zero-order valence-corrected chi connectivity index (χ0v) is 13.1. The molecule has 118 valence electrons. The van der Waals surface area contributed by atoms with E-state index in [-0.39, 0.29) is 6.10 Å². The molecule has 4 rings (SSSR count). The van der Waals surface area contributed by atoms with Crippen molar-refractivity contribution in [3.8, 4) is 0 Å². The lowest BCUT2D eigenvalue weighted by atomic mass is 9.95. The topological polar surface area (TPSA) is 38.6 Å². The van der Waals surface area contributed by atoms with Crippen molar-refractivity contribution in [1.29, 1.82) is 0 Å². The molecule has 4 nitrogen and oxygen atoms in total. The van der Waals surface area contributed by atoms with Crippen LogP contribution in [0, 0.1) is 5.92 Å². The number of aromatic nitrogens is 2. The van der Waals surface area contributed by atoms with E-state index in [1.165, 1.54) is 16.6 Å². The molecule has 3 heterocycles. The molecule has 23 heavy (non-hydrogen) atoms. The fourth-order valence-corrected chi connectivity index (χ4v) is 3.37. The van der Waals surface area contributed by atoms with Gasteiger partial charge < -0.3 is 10.1 Å². The highest BCUT2D eigenvalue weighted by molar-refractivity contribution is 5.53. The van der Waals surface area contributed by atoms with Gasteiger partial charge in [-0.25, -0.2) is 4.52 Å². The van der Waals surface area contributed by atoms with Gasteiger partial charge in [0.1, 0.15) is 0 Å². The molecule has 0 amide bonds. The van der Waals surface area contributed by atoms with Crippen molar-refractivity contribution in [2.24, 2.45) is 5.92 Å². The third kappa shape index (κ3) is 3.00. The predicted molar refractivity (Wildman–Crippen MR) is 90.1 cm³/mol. The van der Waals surface area contributed by atoms with E-state index in [9.17, 15) is 0 Å². The summed E-state index contributed by atoms with van der Waals surface area (Å²) in [5, 5.41) is 7.97. The smallest absolute Gasteiger partial charge is 0.0866 e. The lowest BCUT2D eigenvalue weighted by Crippen LogP contribution is -2.24. The average Bonchev–Trinajstić information content (AvgIpc) is 3.23. The Bertz CT molecular complexity index is 768. The van der Waals surface area contributed by atoms with E-state index in [0.717, 1.165) is 26.1 Å². The van der Waals surface area contributed by atoms with Gasteiger partial charge in [0.05, 0.1) is 17.8 Å². The summed E-state index contributed by atoms with van der Waals surface area (Å²) in [7, 11) is 0. The molecule has 3 aromatic rings. The molecule has 2 atom stereocenters. The number of nitrogens with zero attached hydrogens (tertiary/aromatic N) is 2. The molecule has 1 aromatic carbocycles. The van der Waals surface area contributed by atoms with E-state index in [2.05, 4.69) is 52.9 Å². The highest BCUT2D eigenvalue weighted by Gasteiger charge is 2.29. The van der Waals surface area contributed by atoms with Gasteiger partial charge in [-0.05, 0) is 24.1 Å². The molecule has 0 saturated carbocycles. The first-order chi connectivity index (χ1) is 11.4. The van der Waals surface area contributed by atoms with Gasteiger partial charge in [-0.1, -0.05) is 36.4 Å². The van der Waals surface area contributed by atoms with Gasteiger partial charge in [-0.15, -0.1) is 0 Å². The fourth-order valence-electron chi connectivity index (χ4n) is 3.37. The molecule has 0 bridgehead atoms. The van der Waals surface area contributed by atoms with Crippen molar-refractivity contribution in [2.75, 3.05) is 13.2 Å². The van der Waals surface area contributed by atoms with E-state index in [1.807, 2.05) is 23.0 Å². The number of hydrogen-bond acceptors (Lipinski definition) is 3. The van der Waals surface area contributed by atoms with E-state index < -0.39 is 0 Å². The quantitative estimate of drug-likeness (QED) is 0.786. The maximum Gasteiger partial charge on any atom is 0.0866 e. The minimum absolute atomic E-state index is 0.215. The molecule has 0 unspecified atom stereocenters. The zero-order chi connectivity index (χ0) is 15.5. The van der Waals surface area contributed by atoms with Gasteiger partial charge in [-0.3, -0.25) is 0 Å². The van der Waals surface area contributed by atoms with Gasteiger partial charge in [0.25, 0.3) is 0 Å². The second-order valence-corrected chi connectivity index (χ2v) is 6.08. The summed E-state index contributed by atoms with van der Waals surface area (Å²) in [6.07, 6.45) is 5.26. The first kappa shape index (κ1) is 14.4. The number of benzene rings is 1. The summed E-state index contributed by atoms with van der Waals surface area (Å²) in [5.41, 5.74) is 3.69. The van der Waals surface area contributed by atoms with Crippen molar-refractivity contribution in [2.45, 2.75) is 19.1 Å². The van der Waals surface area contributed by atoms with Crippen molar-refractivity contribution in [3.63, 3.8) is 0 Å². The molecule has 4 heteroatoms. The Morgan fingerprint density at radius 2 is 2.00 bits per heavy atom. The summed E-state index contributed by atoms with van der Waals surface area (Å²) in [4.78, 5) is 0. The molecule has 1 fully saturated rings. The van der Waals surface area contributed by atoms with Crippen molar-refractivity contribution >= 4 is 5.52 Å². The number of hydrogen-bond donors (Lipinski definition) is 1. The zero-order valence-electron chi connectivity index (χ0n) is 13.1. The van der Waals surface area contributed by atoms with Crippen molar-refractivity contribution < 1.29 is 4.74 Å². The minimum Gasteiger partial charge on any atom is -0.373 e. The minimum atomic E-state index is 0.215.